The second-order valence-electron chi connectivity index (χ2n) is 4.65. The van der Waals surface area contributed by atoms with E-state index in [4.69, 9.17) is 4.74 Å². The van der Waals surface area contributed by atoms with Crippen molar-refractivity contribution in [3.8, 4) is 5.88 Å². The van der Waals surface area contributed by atoms with Gasteiger partial charge in [0.05, 0.1) is 13.7 Å². The maximum absolute atomic E-state index is 5.12. The minimum atomic E-state index is 0.623. The van der Waals surface area contributed by atoms with Crippen LogP contribution in [0.4, 0.5) is 0 Å². The molecule has 1 aromatic heterocycles. The van der Waals surface area contributed by atoms with Gasteiger partial charge in [0.25, 0.3) is 0 Å². The number of nitrogens with zero attached hydrogens (tertiary/aromatic N) is 3. The molecule has 5 nitrogen and oxygen atoms in total. The monoisotopic (exact) mass is 278 g/mol. The van der Waals surface area contributed by atoms with Crippen molar-refractivity contribution in [1.29, 1.82) is 0 Å². The summed E-state index contributed by atoms with van der Waals surface area (Å²) in [6.45, 7) is 6.79. The van der Waals surface area contributed by atoms with Gasteiger partial charge >= 0.3 is 0 Å². The SMILES string of the molecule is CCCCN(C)C(=NCc1ccnc(OC)c1)NCC. The van der Waals surface area contributed by atoms with Crippen molar-refractivity contribution < 1.29 is 4.74 Å². The standard InChI is InChI=1S/C15H26N4O/c1-5-7-10-19(3)15(16-6-2)18-12-13-8-9-17-14(11-13)20-4/h8-9,11H,5-7,10,12H2,1-4H3,(H,16,18). The average Bonchev–Trinajstić information content (AvgIpc) is 2.49. The second kappa shape index (κ2) is 9.18. The van der Waals surface area contributed by atoms with Crippen molar-refractivity contribution in [2.45, 2.75) is 33.2 Å². The smallest absolute Gasteiger partial charge is 0.213 e. The van der Waals surface area contributed by atoms with Gasteiger partial charge in [-0.05, 0) is 25.0 Å². The molecule has 0 aliphatic heterocycles. The van der Waals surface area contributed by atoms with E-state index in [0.29, 0.717) is 12.4 Å². The van der Waals surface area contributed by atoms with E-state index in [0.717, 1.165) is 24.6 Å². The molecule has 1 N–H and O–H groups in total. The summed E-state index contributed by atoms with van der Waals surface area (Å²) in [5.41, 5.74) is 1.09. The van der Waals surface area contributed by atoms with E-state index >= 15 is 0 Å². The van der Waals surface area contributed by atoms with Crippen molar-refractivity contribution in [2.24, 2.45) is 4.99 Å². The second-order valence-corrected chi connectivity index (χ2v) is 4.65. The summed E-state index contributed by atoms with van der Waals surface area (Å²) in [6, 6.07) is 3.88. The van der Waals surface area contributed by atoms with Gasteiger partial charge in [0.2, 0.25) is 5.88 Å². The molecule has 5 heteroatoms. The first-order valence-electron chi connectivity index (χ1n) is 7.19. The summed E-state index contributed by atoms with van der Waals surface area (Å²) >= 11 is 0. The Morgan fingerprint density at radius 1 is 1.45 bits per heavy atom. The first-order valence-corrected chi connectivity index (χ1v) is 7.19. The molecule has 112 valence electrons. The van der Waals surface area contributed by atoms with E-state index in [1.54, 1.807) is 13.3 Å². The van der Waals surface area contributed by atoms with E-state index < -0.39 is 0 Å². The Balaban J connectivity index is 2.69. The first-order chi connectivity index (χ1) is 9.71. The van der Waals surface area contributed by atoms with Gasteiger partial charge in [-0.2, -0.15) is 0 Å². The van der Waals surface area contributed by atoms with Crippen LogP contribution in [-0.4, -0.2) is 43.1 Å². The van der Waals surface area contributed by atoms with Gasteiger partial charge in [-0.1, -0.05) is 13.3 Å². The number of nitrogens with one attached hydrogen (secondary N) is 1. The van der Waals surface area contributed by atoms with Gasteiger partial charge in [-0.3, -0.25) is 0 Å². The van der Waals surface area contributed by atoms with E-state index in [-0.39, 0.29) is 0 Å². The van der Waals surface area contributed by atoms with Crippen LogP contribution in [0.25, 0.3) is 0 Å². The van der Waals surface area contributed by atoms with E-state index in [2.05, 4.69) is 41.1 Å². The lowest BCUT2D eigenvalue weighted by Crippen LogP contribution is -2.39. The highest BCUT2D eigenvalue weighted by Gasteiger charge is 2.04. The molecule has 1 rings (SSSR count). The molecule has 0 aliphatic carbocycles. The Labute approximate surface area is 122 Å². The number of hydrogen-bond acceptors (Lipinski definition) is 3. The van der Waals surface area contributed by atoms with Crippen LogP contribution >= 0.6 is 0 Å². The van der Waals surface area contributed by atoms with E-state index in [1.807, 2.05) is 12.1 Å². The third-order valence-corrected chi connectivity index (χ3v) is 2.96. The molecule has 0 saturated heterocycles. The van der Waals surface area contributed by atoms with Crippen molar-refractivity contribution in [2.75, 3.05) is 27.2 Å². The third kappa shape index (κ3) is 5.47. The molecular formula is C15H26N4O. The Morgan fingerprint density at radius 3 is 2.90 bits per heavy atom. The molecule has 0 spiro atoms. The highest BCUT2D eigenvalue weighted by Crippen LogP contribution is 2.09. The summed E-state index contributed by atoms with van der Waals surface area (Å²) in [4.78, 5) is 10.9. The normalized spacial score (nSPS) is 11.3. The van der Waals surface area contributed by atoms with Crippen LogP contribution in [0.1, 0.15) is 32.3 Å². The maximum Gasteiger partial charge on any atom is 0.213 e. The number of guanidine groups is 1. The molecule has 0 saturated carbocycles. The maximum atomic E-state index is 5.12. The highest BCUT2D eigenvalue weighted by molar-refractivity contribution is 5.79. The van der Waals surface area contributed by atoms with Gasteiger partial charge in [0, 0.05) is 32.4 Å². The third-order valence-electron chi connectivity index (χ3n) is 2.96. The van der Waals surface area contributed by atoms with Crippen LogP contribution in [0.5, 0.6) is 5.88 Å². The van der Waals surface area contributed by atoms with Crippen LogP contribution in [0.2, 0.25) is 0 Å². The molecule has 0 atom stereocenters. The fourth-order valence-electron chi connectivity index (χ4n) is 1.80. The van der Waals surface area contributed by atoms with E-state index in [9.17, 15) is 0 Å². The number of aliphatic imine (C=N–C) groups is 1. The van der Waals surface area contributed by atoms with Gasteiger partial charge in [0.15, 0.2) is 5.96 Å². The zero-order chi connectivity index (χ0) is 14.8. The quantitative estimate of drug-likeness (QED) is 0.614. The highest BCUT2D eigenvalue weighted by atomic mass is 16.5. The first kappa shape index (κ1) is 16.3. The molecule has 0 radical (unpaired) electrons. The van der Waals surface area contributed by atoms with Crippen LogP contribution in [0, 0.1) is 0 Å². The molecule has 1 aromatic rings. The Morgan fingerprint density at radius 2 is 2.25 bits per heavy atom. The Kier molecular flexibility index (Phi) is 7.47. The van der Waals surface area contributed by atoms with Crippen molar-refractivity contribution in [3.05, 3.63) is 23.9 Å². The average molecular weight is 278 g/mol. The Hall–Kier alpha value is -1.78. The summed E-state index contributed by atoms with van der Waals surface area (Å²) in [5, 5.41) is 3.32. The molecule has 0 unspecified atom stereocenters. The van der Waals surface area contributed by atoms with Gasteiger partial charge in [0.1, 0.15) is 0 Å². The lowest BCUT2D eigenvalue weighted by molar-refractivity contribution is 0.397. The fourth-order valence-corrected chi connectivity index (χ4v) is 1.80. The molecule has 1 heterocycles. The van der Waals surface area contributed by atoms with Crippen LogP contribution in [-0.2, 0) is 6.54 Å². The minimum Gasteiger partial charge on any atom is -0.481 e. The molecule has 0 aliphatic rings. The van der Waals surface area contributed by atoms with Gasteiger partial charge in [-0.15, -0.1) is 0 Å². The van der Waals surface area contributed by atoms with Crippen molar-refractivity contribution in [3.63, 3.8) is 0 Å². The number of aromatic nitrogens is 1. The van der Waals surface area contributed by atoms with Crippen LogP contribution in [0.3, 0.4) is 0 Å². The summed E-state index contributed by atoms with van der Waals surface area (Å²) in [5.74, 6) is 1.57. The lowest BCUT2D eigenvalue weighted by atomic mass is 10.3. The Bertz CT molecular complexity index is 420. The number of ether oxygens (including phenoxy) is 1. The van der Waals surface area contributed by atoms with Gasteiger partial charge < -0.3 is 15.0 Å². The van der Waals surface area contributed by atoms with Crippen LogP contribution in [0.15, 0.2) is 23.3 Å². The number of methoxy groups -OCH3 is 1. The summed E-state index contributed by atoms with van der Waals surface area (Å²) in [7, 11) is 3.70. The largest absolute Gasteiger partial charge is 0.481 e. The summed E-state index contributed by atoms with van der Waals surface area (Å²) < 4.78 is 5.12. The number of pyridine rings is 1. The zero-order valence-electron chi connectivity index (χ0n) is 13.0. The van der Waals surface area contributed by atoms with Crippen molar-refractivity contribution in [1.82, 2.24) is 15.2 Å². The predicted molar refractivity (Wildman–Crippen MR) is 83.1 cm³/mol. The van der Waals surface area contributed by atoms with Crippen LogP contribution < -0.4 is 10.1 Å². The zero-order valence-corrected chi connectivity index (χ0v) is 13.0. The molecule has 20 heavy (non-hydrogen) atoms. The lowest BCUT2D eigenvalue weighted by Gasteiger charge is -2.21. The number of hydrogen-bond donors (Lipinski definition) is 1. The summed E-state index contributed by atoms with van der Waals surface area (Å²) in [6.07, 6.45) is 4.10. The predicted octanol–water partition coefficient (Wildman–Crippen LogP) is 2.29. The molecule has 0 amide bonds. The van der Waals surface area contributed by atoms with Crippen molar-refractivity contribution >= 4 is 5.96 Å². The van der Waals surface area contributed by atoms with Gasteiger partial charge in [-0.25, -0.2) is 9.98 Å². The van der Waals surface area contributed by atoms with E-state index in [1.165, 1.54) is 12.8 Å². The molecule has 0 aromatic carbocycles. The number of unbranched alkanes of at least 4 members (excludes halogenated alkanes) is 1. The molecule has 0 fully saturated rings. The molecular weight excluding hydrogens is 252 g/mol. The minimum absolute atomic E-state index is 0.623. The molecule has 0 bridgehead atoms. The fraction of sp³-hybridized carbons (Fsp3) is 0.600. The topological polar surface area (TPSA) is 49.8 Å². The number of rotatable bonds is 7.